The molecule has 4 aliphatic rings. The lowest BCUT2D eigenvalue weighted by atomic mass is 9.50. The van der Waals surface area contributed by atoms with Crippen LogP contribution in [0.4, 0.5) is 0 Å². The zero-order valence-corrected chi connectivity index (χ0v) is 12.3. The highest BCUT2D eigenvalue weighted by Crippen LogP contribution is 2.57. The van der Waals surface area contributed by atoms with Gasteiger partial charge in [0.1, 0.15) is 0 Å². The predicted molar refractivity (Wildman–Crippen MR) is 76.4 cm³/mol. The third-order valence-electron chi connectivity index (χ3n) is 6.10. The molecule has 0 aromatic rings. The molecule has 4 aliphatic carbocycles. The molecule has 0 aromatic heterocycles. The minimum absolute atomic E-state index is 0.0940. The number of hydrogen-bond donors (Lipinski definition) is 1. The largest absolute Gasteiger partial charge is 0.346 e. The van der Waals surface area contributed by atoms with Crippen LogP contribution in [0.25, 0.3) is 0 Å². The van der Waals surface area contributed by atoms with E-state index in [4.69, 9.17) is 5.73 Å². The molecule has 0 spiro atoms. The van der Waals surface area contributed by atoms with Gasteiger partial charge >= 0.3 is 0 Å². The maximum absolute atomic E-state index is 12.1. The van der Waals surface area contributed by atoms with Crippen LogP contribution in [0.15, 0.2) is 0 Å². The van der Waals surface area contributed by atoms with Gasteiger partial charge in [-0.3, -0.25) is 4.79 Å². The molecular formula is C16H28N2O. The fourth-order valence-electron chi connectivity index (χ4n) is 5.34. The molecule has 2 N–H and O–H groups in total. The Hall–Kier alpha value is -0.570. The Bertz CT molecular complexity index is 327. The highest BCUT2D eigenvalue weighted by Gasteiger charge is 2.50. The van der Waals surface area contributed by atoms with Gasteiger partial charge in [-0.05, 0) is 68.6 Å². The predicted octanol–water partition coefficient (Wildman–Crippen LogP) is 2.25. The minimum atomic E-state index is 0.0940. The average Bonchev–Trinajstić information content (AvgIpc) is 2.36. The summed E-state index contributed by atoms with van der Waals surface area (Å²) in [5.41, 5.74) is 6.44. The van der Waals surface area contributed by atoms with Crippen LogP contribution < -0.4 is 5.73 Å². The van der Waals surface area contributed by atoms with E-state index in [0.29, 0.717) is 12.3 Å². The van der Waals surface area contributed by atoms with Gasteiger partial charge in [0.2, 0.25) is 5.91 Å². The second-order valence-electron chi connectivity index (χ2n) is 7.28. The molecule has 0 saturated heterocycles. The van der Waals surface area contributed by atoms with Crippen molar-refractivity contribution in [1.29, 1.82) is 0 Å². The fourth-order valence-corrected chi connectivity index (χ4v) is 5.34. The summed E-state index contributed by atoms with van der Waals surface area (Å²) >= 11 is 0. The van der Waals surface area contributed by atoms with Crippen molar-refractivity contribution < 1.29 is 4.79 Å². The van der Waals surface area contributed by atoms with Gasteiger partial charge in [-0.1, -0.05) is 0 Å². The molecule has 3 heteroatoms. The normalized spacial score (nSPS) is 41.3. The second kappa shape index (κ2) is 5.08. The maximum atomic E-state index is 12.1. The van der Waals surface area contributed by atoms with E-state index in [9.17, 15) is 4.79 Å². The quantitative estimate of drug-likeness (QED) is 0.846. The third-order valence-corrected chi connectivity index (χ3v) is 6.10. The van der Waals surface area contributed by atoms with Crippen molar-refractivity contribution >= 4 is 5.91 Å². The number of nitrogens with zero attached hydrogens (tertiary/aromatic N) is 1. The van der Waals surface area contributed by atoms with Crippen LogP contribution in [0.2, 0.25) is 0 Å². The van der Waals surface area contributed by atoms with Crippen molar-refractivity contribution in [2.45, 2.75) is 51.5 Å². The number of rotatable bonds is 4. The van der Waals surface area contributed by atoms with Crippen LogP contribution >= 0.6 is 0 Å². The van der Waals surface area contributed by atoms with Crippen molar-refractivity contribution in [2.24, 2.45) is 35.3 Å². The lowest BCUT2D eigenvalue weighted by molar-refractivity contribution is -0.131. The fraction of sp³-hybridized carbons (Fsp3) is 0.938. The van der Waals surface area contributed by atoms with E-state index in [-0.39, 0.29) is 11.9 Å². The van der Waals surface area contributed by atoms with Gasteiger partial charge in [0.15, 0.2) is 0 Å². The summed E-state index contributed by atoms with van der Waals surface area (Å²) < 4.78 is 0. The van der Waals surface area contributed by atoms with Crippen molar-refractivity contribution in [3.8, 4) is 0 Å². The van der Waals surface area contributed by atoms with Crippen molar-refractivity contribution in [3.63, 3.8) is 0 Å². The second-order valence-corrected chi connectivity index (χ2v) is 7.28. The third kappa shape index (κ3) is 2.42. The van der Waals surface area contributed by atoms with Crippen LogP contribution in [-0.2, 0) is 4.79 Å². The number of nitrogens with two attached hydrogens (primary N) is 1. The van der Waals surface area contributed by atoms with Crippen LogP contribution in [0, 0.1) is 29.6 Å². The van der Waals surface area contributed by atoms with Crippen LogP contribution in [0.1, 0.15) is 45.4 Å². The first-order valence-corrected chi connectivity index (χ1v) is 8.08. The lowest BCUT2D eigenvalue weighted by Gasteiger charge is -2.56. The number of amides is 1. The van der Waals surface area contributed by atoms with E-state index in [0.717, 1.165) is 30.2 Å². The van der Waals surface area contributed by atoms with Crippen molar-refractivity contribution in [3.05, 3.63) is 0 Å². The summed E-state index contributed by atoms with van der Waals surface area (Å²) in [6, 6.07) is 0.0940. The molecule has 1 atom stereocenters. The van der Waals surface area contributed by atoms with Gasteiger partial charge < -0.3 is 10.6 Å². The monoisotopic (exact) mass is 264 g/mol. The molecule has 1 unspecified atom stereocenters. The molecule has 4 bridgehead atoms. The Kier molecular flexibility index (Phi) is 3.59. The lowest BCUT2D eigenvalue weighted by Crippen LogP contribution is -2.52. The zero-order valence-electron chi connectivity index (χ0n) is 12.3. The molecule has 3 nitrogen and oxygen atoms in total. The molecule has 0 aromatic carbocycles. The minimum Gasteiger partial charge on any atom is -0.346 e. The highest BCUT2D eigenvalue weighted by molar-refractivity contribution is 5.76. The van der Waals surface area contributed by atoms with Gasteiger partial charge in [0.25, 0.3) is 0 Å². The molecule has 4 saturated carbocycles. The molecule has 4 fully saturated rings. The molecule has 1 amide bonds. The van der Waals surface area contributed by atoms with E-state index >= 15 is 0 Å². The Labute approximate surface area is 116 Å². The van der Waals surface area contributed by atoms with Crippen molar-refractivity contribution in [1.82, 2.24) is 4.90 Å². The average molecular weight is 264 g/mol. The van der Waals surface area contributed by atoms with Gasteiger partial charge in [-0.15, -0.1) is 0 Å². The molecule has 19 heavy (non-hydrogen) atoms. The van der Waals surface area contributed by atoms with Gasteiger partial charge in [0.05, 0.1) is 0 Å². The first-order valence-electron chi connectivity index (χ1n) is 8.08. The maximum Gasteiger partial charge on any atom is 0.223 e. The van der Waals surface area contributed by atoms with E-state index in [1.807, 2.05) is 14.0 Å². The van der Waals surface area contributed by atoms with Crippen LogP contribution in [0.3, 0.4) is 0 Å². The summed E-state index contributed by atoms with van der Waals surface area (Å²) in [6.45, 7) is 2.81. The van der Waals surface area contributed by atoms with Crippen LogP contribution in [0.5, 0.6) is 0 Å². The number of carbonyl (C=O) groups excluding carboxylic acids is 1. The molecular weight excluding hydrogens is 236 g/mol. The number of hydrogen-bond acceptors (Lipinski definition) is 2. The number of carbonyl (C=O) groups is 1. The molecule has 0 radical (unpaired) electrons. The first-order chi connectivity index (χ1) is 9.08. The Balaban J connectivity index is 1.64. The smallest absolute Gasteiger partial charge is 0.223 e. The highest BCUT2D eigenvalue weighted by atomic mass is 16.2. The summed E-state index contributed by atoms with van der Waals surface area (Å²) in [4.78, 5) is 13.9. The van der Waals surface area contributed by atoms with Gasteiger partial charge in [-0.25, -0.2) is 0 Å². The summed E-state index contributed by atoms with van der Waals surface area (Å²) in [5.74, 6) is 4.47. The standard InChI is InChI=1S/C16H28N2O/c1-3-18(2)15(19)9-14(17)16-12-5-10-4-11(7-12)8-13(16)6-10/h10-14,16H,3-9,17H2,1-2H3. The molecule has 0 aliphatic heterocycles. The van der Waals surface area contributed by atoms with E-state index in [2.05, 4.69) is 0 Å². The molecule has 4 rings (SSSR count). The van der Waals surface area contributed by atoms with Crippen molar-refractivity contribution in [2.75, 3.05) is 13.6 Å². The van der Waals surface area contributed by atoms with Gasteiger partial charge in [0, 0.05) is 26.1 Å². The van der Waals surface area contributed by atoms with E-state index in [1.54, 1.807) is 4.90 Å². The summed E-state index contributed by atoms with van der Waals surface area (Å²) in [5, 5.41) is 0. The summed E-state index contributed by atoms with van der Waals surface area (Å²) in [6.07, 6.45) is 7.60. The van der Waals surface area contributed by atoms with Crippen LogP contribution in [-0.4, -0.2) is 30.4 Å². The van der Waals surface area contributed by atoms with E-state index < -0.39 is 0 Å². The molecule has 108 valence electrons. The zero-order chi connectivity index (χ0) is 13.6. The van der Waals surface area contributed by atoms with Gasteiger partial charge in [-0.2, -0.15) is 0 Å². The summed E-state index contributed by atoms with van der Waals surface area (Å²) in [7, 11) is 1.88. The van der Waals surface area contributed by atoms with E-state index in [1.165, 1.54) is 32.1 Å². The SMILES string of the molecule is CCN(C)C(=O)CC(N)C1C2CC3CC(C2)CC1C3. The molecule has 0 heterocycles. The topological polar surface area (TPSA) is 46.3 Å². The Morgan fingerprint density at radius 3 is 2.16 bits per heavy atom. The first kappa shape index (κ1) is 13.4. The Morgan fingerprint density at radius 2 is 1.68 bits per heavy atom. The Morgan fingerprint density at radius 1 is 1.16 bits per heavy atom.